The van der Waals surface area contributed by atoms with Crippen molar-refractivity contribution in [2.45, 2.75) is 25.3 Å². The van der Waals surface area contributed by atoms with E-state index in [1.165, 1.54) is 11.4 Å². The number of ether oxygens (including phenoxy) is 1. The maximum Gasteiger partial charge on any atom is 0.257 e. The molecule has 0 bridgehead atoms. The molecule has 0 aliphatic carbocycles. The highest BCUT2D eigenvalue weighted by molar-refractivity contribution is 7.92. The van der Waals surface area contributed by atoms with E-state index in [0.29, 0.717) is 54.0 Å². The van der Waals surface area contributed by atoms with Crippen LogP contribution in [0.2, 0.25) is 5.15 Å². The second-order valence-electron chi connectivity index (χ2n) is 7.99. The normalized spacial score (nSPS) is 17.0. The molecule has 4 rings (SSSR count). The fourth-order valence-electron chi connectivity index (χ4n) is 4.03. The summed E-state index contributed by atoms with van der Waals surface area (Å²) in [6.45, 7) is 1.76. The van der Waals surface area contributed by atoms with Gasteiger partial charge in [0.25, 0.3) is 5.91 Å². The van der Waals surface area contributed by atoms with E-state index >= 15 is 0 Å². The molecule has 10 heteroatoms. The number of aromatic nitrogens is 1. The number of sulfonamides is 1. The van der Waals surface area contributed by atoms with E-state index in [2.05, 4.69) is 10.3 Å². The summed E-state index contributed by atoms with van der Waals surface area (Å²) in [5, 5.41) is 3.51. The lowest BCUT2D eigenvalue weighted by atomic mass is 9.91. The first kappa shape index (κ1) is 21.9. The third-order valence-corrected chi connectivity index (χ3v) is 7.22. The fourth-order valence-corrected chi connectivity index (χ4v) is 4.75. The third kappa shape index (κ3) is 4.35. The number of rotatable bonds is 5. The number of pyridine rings is 1. The van der Waals surface area contributed by atoms with Crippen molar-refractivity contribution in [3.63, 3.8) is 0 Å². The molecule has 2 aliphatic heterocycles. The molecule has 1 N–H and O–H groups in total. The van der Waals surface area contributed by atoms with Crippen LogP contribution in [0.25, 0.3) is 0 Å². The Balaban J connectivity index is 1.78. The molecule has 1 amide bonds. The molecule has 0 unspecified atom stereocenters. The SMILES string of the molecule is CN1Cc2nc(Cl)cc(Nc3ccc(C4CCOCC4)cc3N(C)S(C)(=O)=O)c2C1=O. The quantitative estimate of drug-likeness (QED) is 0.682. The summed E-state index contributed by atoms with van der Waals surface area (Å²) in [6, 6.07) is 7.34. The summed E-state index contributed by atoms with van der Waals surface area (Å²) in [7, 11) is -0.280. The molecule has 1 aromatic carbocycles. The summed E-state index contributed by atoms with van der Waals surface area (Å²) in [4.78, 5) is 18.5. The van der Waals surface area contributed by atoms with Crippen molar-refractivity contribution in [1.82, 2.24) is 9.88 Å². The number of halogens is 1. The largest absolute Gasteiger partial charge is 0.381 e. The van der Waals surface area contributed by atoms with Crippen LogP contribution >= 0.6 is 11.6 Å². The van der Waals surface area contributed by atoms with Crippen LogP contribution in [0.15, 0.2) is 24.3 Å². The van der Waals surface area contributed by atoms with Crippen molar-refractivity contribution in [2.75, 3.05) is 43.2 Å². The zero-order valence-corrected chi connectivity index (χ0v) is 19.3. The molecule has 0 radical (unpaired) electrons. The van der Waals surface area contributed by atoms with Gasteiger partial charge in [0.2, 0.25) is 10.0 Å². The Kier molecular flexibility index (Phi) is 5.85. The van der Waals surface area contributed by atoms with Gasteiger partial charge in [0.05, 0.1) is 41.1 Å². The van der Waals surface area contributed by atoms with Gasteiger partial charge in [-0.05, 0) is 42.5 Å². The average Bonchev–Trinajstić information content (AvgIpc) is 3.01. The van der Waals surface area contributed by atoms with Gasteiger partial charge in [0, 0.05) is 27.3 Å². The Hall–Kier alpha value is -2.36. The van der Waals surface area contributed by atoms with Gasteiger partial charge in [-0.3, -0.25) is 9.10 Å². The minimum Gasteiger partial charge on any atom is -0.381 e. The second kappa shape index (κ2) is 8.29. The molecule has 31 heavy (non-hydrogen) atoms. The third-order valence-electron chi connectivity index (χ3n) is 5.83. The molecular formula is C21H25ClN4O4S. The van der Waals surface area contributed by atoms with Gasteiger partial charge in [-0.2, -0.15) is 0 Å². The van der Waals surface area contributed by atoms with Crippen LogP contribution in [0.5, 0.6) is 0 Å². The van der Waals surface area contributed by atoms with Crippen molar-refractivity contribution in [1.29, 1.82) is 0 Å². The molecular weight excluding hydrogens is 440 g/mol. The van der Waals surface area contributed by atoms with Gasteiger partial charge in [-0.15, -0.1) is 0 Å². The summed E-state index contributed by atoms with van der Waals surface area (Å²) >= 11 is 6.19. The van der Waals surface area contributed by atoms with E-state index < -0.39 is 10.0 Å². The molecule has 0 atom stereocenters. The molecule has 2 aliphatic rings. The molecule has 1 aromatic heterocycles. The number of amides is 1. The number of carbonyl (C=O) groups excluding carboxylic acids is 1. The number of hydrogen-bond donors (Lipinski definition) is 1. The number of anilines is 3. The minimum atomic E-state index is -3.50. The molecule has 3 heterocycles. The molecule has 2 aromatic rings. The van der Waals surface area contributed by atoms with E-state index in [0.717, 1.165) is 24.7 Å². The van der Waals surface area contributed by atoms with Gasteiger partial charge in [-0.1, -0.05) is 17.7 Å². The van der Waals surface area contributed by atoms with Crippen LogP contribution in [0.1, 0.15) is 40.4 Å². The molecule has 0 saturated carbocycles. The van der Waals surface area contributed by atoms with Crippen LogP contribution in [0.3, 0.4) is 0 Å². The van der Waals surface area contributed by atoms with E-state index in [1.54, 1.807) is 18.0 Å². The van der Waals surface area contributed by atoms with Crippen LogP contribution in [-0.4, -0.2) is 57.8 Å². The number of fused-ring (bicyclic) bond motifs is 1. The van der Waals surface area contributed by atoms with Crippen molar-refractivity contribution < 1.29 is 17.9 Å². The van der Waals surface area contributed by atoms with Crippen molar-refractivity contribution in [3.8, 4) is 0 Å². The first-order chi connectivity index (χ1) is 14.6. The van der Waals surface area contributed by atoms with E-state index in [9.17, 15) is 13.2 Å². The van der Waals surface area contributed by atoms with Crippen molar-refractivity contribution >= 4 is 44.6 Å². The first-order valence-electron chi connectivity index (χ1n) is 10.0. The number of carbonyl (C=O) groups is 1. The van der Waals surface area contributed by atoms with Gasteiger partial charge < -0.3 is 15.0 Å². The highest BCUT2D eigenvalue weighted by atomic mass is 35.5. The molecule has 166 valence electrons. The molecule has 8 nitrogen and oxygen atoms in total. The Morgan fingerprint density at radius 3 is 2.61 bits per heavy atom. The first-order valence-corrected chi connectivity index (χ1v) is 12.3. The number of nitrogens with zero attached hydrogens (tertiary/aromatic N) is 3. The van der Waals surface area contributed by atoms with Crippen LogP contribution < -0.4 is 9.62 Å². The maximum absolute atomic E-state index is 12.6. The number of nitrogens with one attached hydrogen (secondary N) is 1. The standard InChI is InChI=1S/C21H25ClN4O4S/c1-25-12-17-20(21(25)27)16(11-19(22)24-17)23-15-5-4-14(13-6-8-30-9-7-13)10-18(15)26(2)31(3,28)29/h4-5,10-11,13H,6-9,12H2,1-3H3,(H,23,24). The monoisotopic (exact) mass is 464 g/mol. The Labute approximate surface area is 187 Å². The predicted molar refractivity (Wildman–Crippen MR) is 121 cm³/mol. The van der Waals surface area contributed by atoms with Crippen LogP contribution in [0.4, 0.5) is 17.1 Å². The van der Waals surface area contributed by atoms with Gasteiger partial charge in [0.15, 0.2) is 0 Å². The average molecular weight is 465 g/mol. The van der Waals surface area contributed by atoms with Crippen LogP contribution in [-0.2, 0) is 21.3 Å². The highest BCUT2D eigenvalue weighted by Gasteiger charge is 2.30. The summed E-state index contributed by atoms with van der Waals surface area (Å²) < 4.78 is 31.4. The van der Waals surface area contributed by atoms with E-state index in [-0.39, 0.29) is 11.1 Å². The topological polar surface area (TPSA) is 91.8 Å². The smallest absolute Gasteiger partial charge is 0.257 e. The van der Waals surface area contributed by atoms with Crippen LogP contribution in [0, 0.1) is 0 Å². The zero-order chi connectivity index (χ0) is 22.3. The summed E-state index contributed by atoms with van der Waals surface area (Å²) in [5.74, 6) is 0.155. The van der Waals surface area contributed by atoms with Crippen molar-refractivity contribution in [3.05, 3.63) is 46.2 Å². The van der Waals surface area contributed by atoms with E-state index in [4.69, 9.17) is 16.3 Å². The lowest BCUT2D eigenvalue weighted by molar-refractivity contribution is 0.0817. The lowest BCUT2D eigenvalue weighted by Gasteiger charge is -2.26. The second-order valence-corrected chi connectivity index (χ2v) is 10.4. The number of hydrogen-bond acceptors (Lipinski definition) is 6. The minimum absolute atomic E-state index is 0.154. The molecule has 0 spiro atoms. The zero-order valence-electron chi connectivity index (χ0n) is 17.7. The Morgan fingerprint density at radius 2 is 1.94 bits per heavy atom. The van der Waals surface area contributed by atoms with Gasteiger partial charge >= 0.3 is 0 Å². The number of benzene rings is 1. The van der Waals surface area contributed by atoms with Crippen molar-refractivity contribution in [2.24, 2.45) is 0 Å². The predicted octanol–water partition coefficient (Wildman–Crippen LogP) is 3.35. The maximum atomic E-state index is 12.6. The highest BCUT2D eigenvalue weighted by Crippen LogP contribution is 2.38. The summed E-state index contributed by atoms with van der Waals surface area (Å²) in [6.07, 6.45) is 2.95. The Bertz CT molecular complexity index is 1130. The lowest BCUT2D eigenvalue weighted by Crippen LogP contribution is -2.26. The molecule has 1 fully saturated rings. The van der Waals surface area contributed by atoms with Gasteiger partial charge in [0.1, 0.15) is 5.15 Å². The Morgan fingerprint density at radius 1 is 1.23 bits per heavy atom. The molecule has 1 saturated heterocycles. The summed E-state index contributed by atoms with van der Waals surface area (Å²) in [5.41, 5.74) is 3.69. The fraction of sp³-hybridized carbons (Fsp3) is 0.429. The van der Waals surface area contributed by atoms with E-state index in [1.807, 2.05) is 18.2 Å². The van der Waals surface area contributed by atoms with Gasteiger partial charge in [-0.25, -0.2) is 13.4 Å².